The van der Waals surface area contributed by atoms with Gasteiger partial charge in [0, 0.05) is 37.3 Å². The van der Waals surface area contributed by atoms with Gasteiger partial charge in [-0.1, -0.05) is 26.7 Å². The summed E-state index contributed by atoms with van der Waals surface area (Å²) in [6.07, 6.45) is 5.19. The van der Waals surface area contributed by atoms with Gasteiger partial charge in [-0.15, -0.1) is 0 Å². The lowest BCUT2D eigenvalue weighted by atomic mass is 9.93. The molecule has 0 aromatic rings. The Morgan fingerprint density at radius 2 is 0.944 bits per heavy atom. The third-order valence-corrected chi connectivity index (χ3v) is 4.72. The predicted octanol–water partition coefficient (Wildman–Crippen LogP) is 3.76. The van der Waals surface area contributed by atoms with Crippen LogP contribution in [0.15, 0.2) is 0 Å². The molecule has 2 heteroatoms. The van der Waals surface area contributed by atoms with Crippen molar-refractivity contribution in [2.24, 2.45) is 0 Å². The minimum absolute atomic E-state index is 0.385. The van der Waals surface area contributed by atoms with Crippen LogP contribution in [-0.2, 0) is 0 Å². The van der Waals surface area contributed by atoms with Crippen LogP contribution in [0.4, 0.5) is 0 Å². The van der Waals surface area contributed by atoms with E-state index in [9.17, 15) is 0 Å². The normalized spacial score (nSPS) is 20.3. The summed E-state index contributed by atoms with van der Waals surface area (Å²) in [4.78, 5) is 5.38. The highest BCUT2D eigenvalue weighted by Crippen LogP contribution is 2.26. The lowest BCUT2D eigenvalue weighted by Gasteiger charge is -2.48. The molecule has 0 N–H and O–H groups in total. The standard InChI is InChI=1S/C16H34N2/c1-7-9-15(3,4)17-11-13-18(14-12-17)16(5,6)10-8-2/h7-14H2,1-6H3. The molecule has 0 unspecified atom stereocenters. The molecule has 1 aliphatic heterocycles. The summed E-state index contributed by atoms with van der Waals surface area (Å²) < 4.78 is 0. The summed E-state index contributed by atoms with van der Waals surface area (Å²) in [7, 11) is 0. The van der Waals surface area contributed by atoms with Crippen molar-refractivity contribution in [1.29, 1.82) is 0 Å². The van der Waals surface area contributed by atoms with E-state index in [1.165, 1.54) is 51.9 Å². The zero-order valence-corrected chi connectivity index (χ0v) is 13.6. The molecule has 0 saturated carbocycles. The van der Waals surface area contributed by atoms with E-state index in [0.717, 1.165) is 0 Å². The molecule has 1 heterocycles. The number of rotatable bonds is 6. The molecule has 0 aromatic heterocycles. The fourth-order valence-electron chi connectivity index (χ4n) is 3.46. The average Bonchev–Trinajstić information content (AvgIpc) is 2.29. The van der Waals surface area contributed by atoms with Gasteiger partial charge in [0.15, 0.2) is 0 Å². The molecule has 0 aromatic carbocycles. The van der Waals surface area contributed by atoms with Gasteiger partial charge >= 0.3 is 0 Å². The van der Waals surface area contributed by atoms with E-state index in [4.69, 9.17) is 0 Å². The molecule has 1 rings (SSSR count). The zero-order chi connectivity index (χ0) is 13.8. The minimum atomic E-state index is 0.385. The van der Waals surface area contributed by atoms with Gasteiger partial charge in [-0.25, -0.2) is 0 Å². The van der Waals surface area contributed by atoms with Crippen molar-refractivity contribution in [1.82, 2.24) is 9.80 Å². The second-order valence-electron chi connectivity index (χ2n) is 7.10. The van der Waals surface area contributed by atoms with Crippen LogP contribution >= 0.6 is 0 Å². The highest BCUT2D eigenvalue weighted by Gasteiger charge is 2.33. The lowest BCUT2D eigenvalue weighted by molar-refractivity contribution is 0.00260. The summed E-state index contributed by atoms with van der Waals surface area (Å²) in [5.41, 5.74) is 0.769. The maximum Gasteiger partial charge on any atom is 0.0154 e. The van der Waals surface area contributed by atoms with Gasteiger partial charge in [-0.2, -0.15) is 0 Å². The van der Waals surface area contributed by atoms with Crippen molar-refractivity contribution in [2.45, 2.75) is 78.3 Å². The van der Waals surface area contributed by atoms with E-state index in [2.05, 4.69) is 51.3 Å². The number of hydrogen-bond acceptors (Lipinski definition) is 2. The largest absolute Gasteiger partial charge is 0.296 e. The zero-order valence-electron chi connectivity index (χ0n) is 13.6. The number of piperazine rings is 1. The monoisotopic (exact) mass is 254 g/mol. The van der Waals surface area contributed by atoms with E-state index >= 15 is 0 Å². The quantitative estimate of drug-likeness (QED) is 0.712. The molecule has 0 radical (unpaired) electrons. The van der Waals surface area contributed by atoms with Gasteiger partial charge in [0.1, 0.15) is 0 Å². The second-order valence-corrected chi connectivity index (χ2v) is 7.10. The smallest absolute Gasteiger partial charge is 0.0154 e. The van der Waals surface area contributed by atoms with Crippen LogP contribution in [0, 0.1) is 0 Å². The fraction of sp³-hybridized carbons (Fsp3) is 1.00. The highest BCUT2D eigenvalue weighted by molar-refractivity contribution is 4.90. The Kier molecular flexibility index (Phi) is 5.67. The molecular formula is C16H34N2. The van der Waals surface area contributed by atoms with Crippen LogP contribution in [0.5, 0.6) is 0 Å². The van der Waals surface area contributed by atoms with Gasteiger partial charge < -0.3 is 0 Å². The molecule has 108 valence electrons. The first-order valence-corrected chi connectivity index (χ1v) is 7.83. The molecule has 1 saturated heterocycles. The van der Waals surface area contributed by atoms with E-state index in [1.807, 2.05) is 0 Å². The lowest BCUT2D eigenvalue weighted by Crippen LogP contribution is -2.59. The van der Waals surface area contributed by atoms with Gasteiger partial charge in [0.25, 0.3) is 0 Å². The Morgan fingerprint density at radius 1 is 0.667 bits per heavy atom. The maximum atomic E-state index is 2.69. The molecule has 18 heavy (non-hydrogen) atoms. The van der Waals surface area contributed by atoms with Crippen LogP contribution in [0.1, 0.15) is 67.2 Å². The Labute approximate surface area is 115 Å². The van der Waals surface area contributed by atoms with Crippen LogP contribution < -0.4 is 0 Å². The molecule has 0 atom stereocenters. The summed E-state index contributed by atoms with van der Waals surface area (Å²) >= 11 is 0. The second kappa shape index (κ2) is 6.38. The van der Waals surface area contributed by atoms with E-state index in [0.29, 0.717) is 11.1 Å². The molecule has 0 spiro atoms. The SMILES string of the molecule is CCCC(C)(C)N1CCN(C(C)(C)CCC)CC1. The third kappa shape index (κ3) is 3.96. The van der Waals surface area contributed by atoms with Crippen LogP contribution in [0.3, 0.4) is 0 Å². The maximum absolute atomic E-state index is 2.69. The third-order valence-electron chi connectivity index (χ3n) is 4.72. The topological polar surface area (TPSA) is 6.48 Å². The Balaban J connectivity index is 2.50. The van der Waals surface area contributed by atoms with Crippen molar-refractivity contribution < 1.29 is 0 Å². The van der Waals surface area contributed by atoms with Crippen LogP contribution in [-0.4, -0.2) is 47.1 Å². The summed E-state index contributed by atoms with van der Waals surface area (Å²) in [5, 5.41) is 0. The first-order chi connectivity index (χ1) is 8.33. The molecule has 2 nitrogen and oxygen atoms in total. The van der Waals surface area contributed by atoms with Gasteiger partial charge in [-0.3, -0.25) is 9.80 Å². The van der Waals surface area contributed by atoms with Crippen LogP contribution in [0.25, 0.3) is 0 Å². The predicted molar refractivity (Wildman–Crippen MR) is 81.1 cm³/mol. The van der Waals surface area contributed by atoms with E-state index in [1.54, 1.807) is 0 Å². The van der Waals surface area contributed by atoms with Gasteiger partial charge in [0.05, 0.1) is 0 Å². The molecule has 1 fully saturated rings. The molecule has 1 aliphatic rings. The van der Waals surface area contributed by atoms with Crippen molar-refractivity contribution in [3.05, 3.63) is 0 Å². The summed E-state index contributed by atoms with van der Waals surface area (Å²) in [6, 6.07) is 0. The Hall–Kier alpha value is -0.0800. The molecular weight excluding hydrogens is 220 g/mol. The first-order valence-electron chi connectivity index (χ1n) is 7.83. The summed E-state index contributed by atoms with van der Waals surface area (Å²) in [5.74, 6) is 0. The first kappa shape index (κ1) is 16.0. The Bertz CT molecular complexity index is 211. The van der Waals surface area contributed by atoms with Gasteiger partial charge in [-0.05, 0) is 40.5 Å². The van der Waals surface area contributed by atoms with E-state index in [-0.39, 0.29) is 0 Å². The average molecular weight is 254 g/mol. The summed E-state index contributed by atoms with van der Waals surface area (Å²) in [6.45, 7) is 19.2. The molecule has 0 amide bonds. The van der Waals surface area contributed by atoms with E-state index < -0.39 is 0 Å². The fourth-order valence-corrected chi connectivity index (χ4v) is 3.46. The van der Waals surface area contributed by atoms with Crippen molar-refractivity contribution in [3.8, 4) is 0 Å². The highest BCUT2D eigenvalue weighted by atomic mass is 15.3. The van der Waals surface area contributed by atoms with Crippen molar-refractivity contribution >= 4 is 0 Å². The minimum Gasteiger partial charge on any atom is -0.296 e. The van der Waals surface area contributed by atoms with Crippen molar-refractivity contribution in [2.75, 3.05) is 26.2 Å². The van der Waals surface area contributed by atoms with Gasteiger partial charge in [0.2, 0.25) is 0 Å². The molecule has 0 aliphatic carbocycles. The van der Waals surface area contributed by atoms with Crippen LogP contribution in [0.2, 0.25) is 0 Å². The Morgan fingerprint density at radius 3 is 1.17 bits per heavy atom. The number of nitrogens with zero attached hydrogens (tertiary/aromatic N) is 2. The van der Waals surface area contributed by atoms with Crippen molar-refractivity contribution in [3.63, 3.8) is 0 Å². The number of hydrogen-bond donors (Lipinski definition) is 0. The molecule has 0 bridgehead atoms.